The molecule has 7 heteroatoms. The minimum absolute atomic E-state index is 0. The number of hydrogen-bond donors (Lipinski definition) is 2. The summed E-state index contributed by atoms with van der Waals surface area (Å²) in [6.07, 6.45) is 0. The van der Waals surface area contributed by atoms with Crippen molar-refractivity contribution >= 4 is 18.4 Å². The van der Waals surface area contributed by atoms with E-state index in [-0.39, 0.29) is 24.0 Å². The maximum atomic E-state index is 11.2. The number of hydrogen-bond acceptors (Lipinski definition) is 5. The summed E-state index contributed by atoms with van der Waals surface area (Å²) in [7, 11) is 1.62. The smallest absolute Gasteiger partial charge is 0.341 e. The van der Waals surface area contributed by atoms with Gasteiger partial charge in [0.1, 0.15) is 11.3 Å². The molecule has 0 saturated carbocycles. The van der Waals surface area contributed by atoms with Gasteiger partial charge >= 0.3 is 5.97 Å². The van der Waals surface area contributed by atoms with Crippen molar-refractivity contribution in [3.8, 4) is 5.75 Å². The van der Waals surface area contributed by atoms with Crippen LogP contribution >= 0.6 is 12.4 Å². The quantitative estimate of drug-likeness (QED) is 0.849. The van der Waals surface area contributed by atoms with Gasteiger partial charge in [-0.15, -0.1) is 12.4 Å². The van der Waals surface area contributed by atoms with Gasteiger partial charge in [-0.1, -0.05) is 17.3 Å². The first-order valence-corrected chi connectivity index (χ1v) is 6.58. The second-order valence-electron chi connectivity index (χ2n) is 4.76. The minimum Gasteiger partial charge on any atom is -0.497 e. The van der Waals surface area contributed by atoms with Crippen molar-refractivity contribution in [3.63, 3.8) is 0 Å². The van der Waals surface area contributed by atoms with Crippen molar-refractivity contribution < 1.29 is 19.2 Å². The maximum absolute atomic E-state index is 11.2. The lowest BCUT2D eigenvalue weighted by Crippen LogP contribution is -2.19. The molecule has 0 amide bonds. The van der Waals surface area contributed by atoms with Crippen molar-refractivity contribution in [2.75, 3.05) is 7.11 Å². The molecule has 0 saturated heterocycles. The number of aromatic carboxylic acids is 1. The Morgan fingerprint density at radius 1 is 1.41 bits per heavy atom. The standard InChI is InChI=1S/C15H18N2O4.ClH/c1-9-13(15(18)19)14(21-17-9)10(2)16-8-11-4-6-12(20-3)7-5-11;/h4-7,10,16H,8H2,1-3H3,(H,18,19);1H/t10-;/m1./s1. The summed E-state index contributed by atoms with van der Waals surface area (Å²) in [6, 6.07) is 7.40. The predicted molar refractivity (Wildman–Crippen MR) is 83.7 cm³/mol. The van der Waals surface area contributed by atoms with E-state index in [1.807, 2.05) is 31.2 Å². The molecule has 2 rings (SSSR count). The Morgan fingerprint density at radius 3 is 2.59 bits per heavy atom. The van der Waals surface area contributed by atoms with Crippen LogP contribution in [-0.4, -0.2) is 23.3 Å². The van der Waals surface area contributed by atoms with E-state index in [9.17, 15) is 9.90 Å². The first kappa shape index (κ1) is 18.0. The van der Waals surface area contributed by atoms with E-state index in [2.05, 4.69) is 10.5 Å². The average Bonchev–Trinajstić information content (AvgIpc) is 2.87. The van der Waals surface area contributed by atoms with Gasteiger partial charge in [0.05, 0.1) is 18.8 Å². The van der Waals surface area contributed by atoms with Crippen LogP contribution in [0.4, 0.5) is 0 Å². The number of rotatable bonds is 6. The third-order valence-corrected chi connectivity index (χ3v) is 3.27. The average molecular weight is 327 g/mol. The van der Waals surface area contributed by atoms with Gasteiger partial charge in [0.25, 0.3) is 0 Å². The molecule has 1 aromatic heterocycles. The molecule has 0 aliphatic carbocycles. The predicted octanol–water partition coefficient (Wildman–Crippen LogP) is 2.96. The van der Waals surface area contributed by atoms with E-state index in [1.54, 1.807) is 14.0 Å². The zero-order valence-corrected chi connectivity index (χ0v) is 13.4. The third-order valence-electron chi connectivity index (χ3n) is 3.27. The lowest BCUT2D eigenvalue weighted by Gasteiger charge is -2.12. The van der Waals surface area contributed by atoms with Crippen molar-refractivity contribution in [1.82, 2.24) is 10.5 Å². The van der Waals surface area contributed by atoms with Crippen LogP contribution in [0.15, 0.2) is 28.8 Å². The number of aryl methyl sites for hydroxylation is 1. The van der Waals surface area contributed by atoms with Gasteiger partial charge in [-0.2, -0.15) is 0 Å². The largest absolute Gasteiger partial charge is 0.497 e. The summed E-state index contributed by atoms with van der Waals surface area (Å²) in [5.74, 6) is 0.112. The van der Waals surface area contributed by atoms with Crippen LogP contribution in [0.2, 0.25) is 0 Å². The Balaban J connectivity index is 0.00000242. The van der Waals surface area contributed by atoms with E-state index < -0.39 is 5.97 Å². The van der Waals surface area contributed by atoms with Gasteiger partial charge in [-0.05, 0) is 31.5 Å². The SMILES string of the molecule is COc1ccc(CN[C@H](C)c2onc(C)c2C(=O)O)cc1.Cl. The normalized spacial score (nSPS) is 11.6. The molecular weight excluding hydrogens is 308 g/mol. The topological polar surface area (TPSA) is 84.6 Å². The van der Waals surface area contributed by atoms with Gasteiger partial charge in [0.15, 0.2) is 5.76 Å². The van der Waals surface area contributed by atoms with Crippen LogP contribution < -0.4 is 10.1 Å². The molecule has 2 N–H and O–H groups in total. The van der Waals surface area contributed by atoms with Gasteiger partial charge in [-0.25, -0.2) is 4.79 Å². The van der Waals surface area contributed by atoms with E-state index in [4.69, 9.17) is 9.26 Å². The molecule has 1 aromatic carbocycles. The van der Waals surface area contributed by atoms with Crippen LogP contribution in [-0.2, 0) is 6.54 Å². The molecule has 0 aliphatic heterocycles. The molecule has 0 aliphatic rings. The van der Waals surface area contributed by atoms with E-state index in [0.717, 1.165) is 11.3 Å². The molecular formula is C15H19ClN2O4. The summed E-state index contributed by atoms with van der Waals surface area (Å²) < 4.78 is 10.2. The Bertz CT molecular complexity index is 625. The number of halogens is 1. The zero-order valence-electron chi connectivity index (χ0n) is 12.6. The molecule has 0 radical (unpaired) electrons. The van der Waals surface area contributed by atoms with E-state index >= 15 is 0 Å². The number of carboxylic acids is 1. The van der Waals surface area contributed by atoms with E-state index in [1.165, 1.54) is 0 Å². The van der Waals surface area contributed by atoms with Gasteiger partial charge in [-0.3, -0.25) is 0 Å². The fourth-order valence-corrected chi connectivity index (χ4v) is 2.05. The number of carbonyl (C=O) groups is 1. The second-order valence-corrected chi connectivity index (χ2v) is 4.76. The first-order chi connectivity index (χ1) is 10.0. The molecule has 0 bridgehead atoms. The third kappa shape index (κ3) is 3.99. The van der Waals surface area contributed by atoms with Crippen LogP contribution in [0.5, 0.6) is 5.75 Å². The number of ether oxygens (including phenoxy) is 1. The molecule has 120 valence electrons. The molecule has 1 atom stereocenters. The fourth-order valence-electron chi connectivity index (χ4n) is 2.05. The molecule has 1 heterocycles. The zero-order chi connectivity index (χ0) is 15.4. The number of aromatic nitrogens is 1. The van der Waals surface area contributed by atoms with Crippen molar-refractivity contribution in [1.29, 1.82) is 0 Å². The lowest BCUT2D eigenvalue weighted by molar-refractivity contribution is 0.0692. The Labute approximate surface area is 134 Å². The molecule has 0 unspecified atom stereocenters. The molecule has 0 fully saturated rings. The molecule has 6 nitrogen and oxygen atoms in total. The summed E-state index contributed by atoms with van der Waals surface area (Å²) in [5, 5.41) is 16.1. The highest BCUT2D eigenvalue weighted by Gasteiger charge is 2.23. The van der Waals surface area contributed by atoms with Crippen molar-refractivity contribution in [3.05, 3.63) is 46.8 Å². The summed E-state index contributed by atoms with van der Waals surface area (Å²) >= 11 is 0. The highest BCUT2D eigenvalue weighted by atomic mass is 35.5. The van der Waals surface area contributed by atoms with E-state index in [0.29, 0.717) is 18.0 Å². The number of nitrogens with zero attached hydrogens (tertiary/aromatic N) is 1. The number of methoxy groups -OCH3 is 1. The fraction of sp³-hybridized carbons (Fsp3) is 0.333. The number of nitrogens with one attached hydrogen (secondary N) is 1. The summed E-state index contributed by atoms with van der Waals surface area (Å²) in [5.41, 5.74) is 1.58. The Kier molecular flexibility index (Phi) is 6.39. The Hall–Kier alpha value is -2.05. The number of benzene rings is 1. The van der Waals surface area contributed by atoms with Crippen molar-refractivity contribution in [2.24, 2.45) is 0 Å². The number of carboxylic acid groups (broad SMARTS) is 1. The summed E-state index contributed by atoms with van der Waals surface area (Å²) in [6.45, 7) is 4.05. The van der Waals surface area contributed by atoms with Crippen molar-refractivity contribution in [2.45, 2.75) is 26.4 Å². The van der Waals surface area contributed by atoms with Crippen LogP contribution in [0, 0.1) is 6.92 Å². The summed E-state index contributed by atoms with van der Waals surface area (Å²) in [4.78, 5) is 11.2. The van der Waals surface area contributed by atoms with Crippen LogP contribution in [0.1, 0.15) is 40.3 Å². The molecule has 0 spiro atoms. The van der Waals surface area contributed by atoms with Crippen LogP contribution in [0.25, 0.3) is 0 Å². The highest BCUT2D eigenvalue weighted by Crippen LogP contribution is 2.21. The Morgan fingerprint density at radius 2 is 2.05 bits per heavy atom. The van der Waals surface area contributed by atoms with Gasteiger partial charge < -0.3 is 19.7 Å². The lowest BCUT2D eigenvalue weighted by atomic mass is 10.1. The van der Waals surface area contributed by atoms with Crippen LogP contribution in [0.3, 0.4) is 0 Å². The molecule has 22 heavy (non-hydrogen) atoms. The molecule has 2 aromatic rings. The highest BCUT2D eigenvalue weighted by molar-refractivity contribution is 5.90. The minimum atomic E-state index is -1.03. The van der Waals surface area contributed by atoms with Gasteiger partial charge in [0.2, 0.25) is 0 Å². The maximum Gasteiger partial charge on any atom is 0.341 e. The first-order valence-electron chi connectivity index (χ1n) is 6.58. The van der Waals surface area contributed by atoms with Gasteiger partial charge in [0, 0.05) is 6.54 Å². The monoisotopic (exact) mass is 326 g/mol. The second kappa shape index (κ2) is 7.82.